The molecule has 2 fully saturated rings. The van der Waals surface area contributed by atoms with E-state index in [1.165, 1.54) is 5.56 Å². The lowest BCUT2D eigenvalue weighted by atomic mass is 10.1. The van der Waals surface area contributed by atoms with E-state index in [4.69, 9.17) is 4.42 Å². The van der Waals surface area contributed by atoms with Crippen LogP contribution in [0.5, 0.6) is 0 Å². The summed E-state index contributed by atoms with van der Waals surface area (Å²) in [7, 11) is 0. The largest absolute Gasteiger partial charge is 0.424 e. The Labute approximate surface area is 141 Å². The second kappa shape index (κ2) is 6.36. The molecule has 1 aliphatic carbocycles. The minimum absolute atomic E-state index is 0.171. The van der Waals surface area contributed by atoms with Crippen molar-refractivity contribution in [3.8, 4) is 0 Å². The molecule has 0 radical (unpaired) electrons. The van der Waals surface area contributed by atoms with E-state index in [9.17, 15) is 4.79 Å². The zero-order valence-electron chi connectivity index (χ0n) is 13.9. The molecule has 1 aromatic carbocycles. The smallest absolute Gasteiger partial charge is 0.230 e. The van der Waals surface area contributed by atoms with Crippen molar-refractivity contribution in [1.82, 2.24) is 15.5 Å². The van der Waals surface area contributed by atoms with Crippen LogP contribution in [0.2, 0.25) is 0 Å². The number of hydrogen-bond donors (Lipinski definition) is 1. The van der Waals surface area contributed by atoms with Crippen molar-refractivity contribution in [2.75, 3.05) is 11.4 Å². The number of anilines is 1. The first-order valence-corrected chi connectivity index (χ1v) is 8.66. The van der Waals surface area contributed by atoms with E-state index in [1.54, 1.807) is 0 Å². The molecule has 6 heteroatoms. The molecular formula is C18H22N4O2. The van der Waals surface area contributed by atoms with Crippen molar-refractivity contribution >= 4 is 11.6 Å². The van der Waals surface area contributed by atoms with Gasteiger partial charge < -0.3 is 14.6 Å². The lowest BCUT2D eigenvalue weighted by Crippen LogP contribution is -2.23. The molecular weight excluding hydrogens is 304 g/mol. The Bertz CT molecular complexity index is 721. The first-order valence-electron chi connectivity index (χ1n) is 8.66. The van der Waals surface area contributed by atoms with E-state index in [0.717, 1.165) is 37.4 Å². The predicted octanol–water partition coefficient (Wildman–Crippen LogP) is 2.92. The number of carbonyl (C=O) groups is 1. The maximum atomic E-state index is 11.8. The van der Waals surface area contributed by atoms with E-state index < -0.39 is 0 Å². The third-order valence-electron chi connectivity index (χ3n) is 4.75. The van der Waals surface area contributed by atoms with Crippen LogP contribution in [0, 0.1) is 0 Å². The highest BCUT2D eigenvalue weighted by molar-refractivity contribution is 5.95. The van der Waals surface area contributed by atoms with Gasteiger partial charge in [-0.05, 0) is 43.9 Å². The van der Waals surface area contributed by atoms with Gasteiger partial charge >= 0.3 is 0 Å². The quantitative estimate of drug-likeness (QED) is 0.884. The molecule has 0 spiro atoms. The number of benzene rings is 1. The van der Waals surface area contributed by atoms with E-state index in [-0.39, 0.29) is 11.9 Å². The highest BCUT2D eigenvalue weighted by atomic mass is 16.4. The van der Waals surface area contributed by atoms with E-state index in [2.05, 4.69) is 34.6 Å². The molecule has 1 aliphatic heterocycles. The normalized spacial score (nSPS) is 19.0. The molecule has 2 heterocycles. The SMILES string of the molecule is CC(NCc1nnc(C2CC2)o1)c1ccc(N2CCCC2=O)cc1. The van der Waals surface area contributed by atoms with Gasteiger partial charge in [-0.25, -0.2) is 0 Å². The Kier molecular flexibility index (Phi) is 4.06. The van der Waals surface area contributed by atoms with Gasteiger partial charge in [0.1, 0.15) is 0 Å². The van der Waals surface area contributed by atoms with Crippen molar-refractivity contribution < 1.29 is 9.21 Å². The summed E-state index contributed by atoms with van der Waals surface area (Å²) >= 11 is 0. The number of amides is 1. The summed E-state index contributed by atoms with van der Waals surface area (Å²) in [6.07, 6.45) is 3.94. The van der Waals surface area contributed by atoms with Crippen molar-refractivity contribution in [3.63, 3.8) is 0 Å². The fourth-order valence-electron chi connectivity index (χ4n) is 3.06. The van der Waals surface area contributed by atoms with Gasteiger partial charge in [0.2, 0.25) is 17.7 Å². The second-order valence-electron chi connectivity index (χ2n) is 6.65. The van der Waals surface area contributed by atoms with Gasteiger partial charge in [-0.2, -0.15) is 0 Å². The van der Waals surface area contributed by atoms with Crippen LogP contribution in [-0.4, -0.2) is 22.6 Å². The molecule has 126 valence electrons. The molecule has 1 saturated heterocycles. The van der Waals surface area contributed by atoms with Gasteiger partial charge in [0, 0.05) is 30.6 Å². The lowest BCUT2D eigenvalue weighted by Gasteiger charge is -2.18. The summed E-state index contributed by atoms with van der Waals surface area (Å²) in [5, 5.41) is 11.6. The summed E-state index contributed by atoms with van der Waals surface area (Å²) in [6, 6.07) is 8.36. The fourth-order valence-corrected chi connectivity index (χ4v) is 3.06. The first kappa shape index (κ1) is 15.3. The van der Waals surface area contributed by atoms with Crippen LogP contribution < -0.4 is 10.2 Å². The highest BCUT2D eigenvalue weighted by Crippen LogP contribution is 2.39. The van der Waals surface area contributed by atoms with Crippen LogP contribution in [-0.2, 0) is 11.3 Å². The number of hydrogen-bond acceptors (Lipinski definition) is 5. The summed E-state index contributed by atoms with van der Waals surface area (Å²) in [6.45, 7) is 3.49. The highest BCUT2D eigenvalue weighted by Gasteiger charge is 2.29. The van der Waals surface area contributed by atoms with Crippen LogP contribution >= 0.6 is 0 Å². The molecule has 1 unspecified atom stereocenters. The van der Waals surface area contributed by atoms with Crippen molar-refractivity contribution in [2.24, 2.45) is 0 Å². The van der Waals surface area contributed by atoms with Crippen LogP contribution in [0.25, 0.3) is 0 Å². The zero-order chi connectivity index (χ0) is 16.5. The summed E-state index contributed by atoms with van der Waals surface area (Å²) in [5.74, 6) is 2.13. The fraction of sp³-hybridized carbons (Fsp3) is 0.500. The Hall–Kier alpha value is -2.21. The van der Waals surface area contributed by atoms with E-state index in [1.807, 2.05) is 17.0 Å². The zero-order valence-corrected chi connectivity index (χ0v) is 13.9. The number of rotatable bonds is 6. The summed E-state index contributed by atoms with van der Waals surface area (Å²) in [5.41, 5.74) is 2.16. The molecule has 24 heavy (non-hydrogen) atoms. The minimum Gasteiger partial charge on any atom is -0.424 e. The second-order valence-corrected chi connectivity index (χ2v) is 6.65. The van der Waals surface area contributed by atoms with Gasteiger partial charge in [-0.1, -0.05) is 12.1 Å². The topological polar surface area (TPSA) is 71.3 Å². The Balaban J connectivity index is 1.35. The molecule has 2 aliphatic rings. The molecule has 1 aromatic heterocycles. The molecule has 6 nitrogen and oxygen atoms in total. The van der Waals surface area contributed by atoms with Gasteiger partial charge in [0.25, 0.3) is 0 Å². The third-order valence-corrected chi connectivity index (χ3v) is 4.75. The Morgan fingerprint density at radius 1 is 1.29 bits per heavy atom. The average Bonchev–Trinajstić information content (AvgIpc) is 3.19. The molecule has 0 bridgehead atoms. The van der Waals surface area contributed by atoms with E-state index >= 15 is 0 Å². The van der Waals surface area contributed by atoms with Gasteiger partial charge in [0.05, 0.1) is 6.54 Å². The lowest BCUT2D eigenvalue weighted by molar-refractivity contribution is -0.117. The molecule has 2 aromatic rings. The monoisotopic (exact) mass is 326 g/mol. The van der Waals surface area contributed by atoms with Gasteiger partial charge in [-0.15, -0.1) is 10.2 Å². The number of aromatic nitrogens is 2. The molecule has 1 N–H and O–H groups in total. The first-order chi connectivity index (χ1) is 11.7. The Morgan fingerprint density at radius 2 is 2.08 bits per heavy atom. The van der Waals surface area contributed by atoms with Crippen LogP contribution in [0.1, 0.15) is 61.9 Å². The molecule has 1 amide bonds. The number of carbonyl (C=O) groups excluding carboxylic acids is 1. The maximum absolute atomic E-state index is 11.8. The van der Waals surface area contributed by atoms with Crippen molar-refractivity contribution in [1.29, 1.82) is 0 Å². The van der Waals surface area contributed by atoms with Crippen molar-refractivity contribution in [2.45, 2.75) is 51.1 Å². The van der Waals surface area contributed by atoms with Crippen LogP contribution in [0.15, 0.2) is 28.7 Å². The minimum atomic E-state index is 0.171. The standard InChI is InChI=1S/C18H22N4O2/c1-12(19-11-16-20-21-18(24-16)14-4-5-14)13-6-8-15(9-7-13)22-10-2-3-17(22)23/h6-9,12,14,19H,2-5,10-11H2,1H3. The third kappa shape index (κ3) is 3.19. The summed E-state index contributed by atoms with van der Waals surface area (Å²) in [4.78, 5) is 13.7. The van der Waals surface area contributed by atoms with E-state index in [0.29, 0.717) is 24.8 Å². The number of nitrogens with one attached hydrogen (secondary N) is 1. The molecule has 1 atom stereocenters. The molecule has 1 saturated carbocycles. The van der Waals surface area contributed by atoms with Crippen LogP contribution in [0.4, 0.5) is 5.69 Å². The van der Waals surface area contributed by atoms with Crippen LogP contribution in [0.3, 0.4) is 0 Å². The van der Waals surface area contributed by atoms with Gasteiger partial charge in [0.15, 0.2) is 0 Å². The molecule has 4 rings (SSSR count). The average molecular weight is 326 g/mol. The van der Waals surface area contributed by atoms with Gasteiger partial charge in [-0.3, -0.25) is 4.79 Å². The predicted molar refractivity (Wildman–Crippen MR) is 89.6 cm³/mol. The number of nitrogens with zero attached hydrogens (tertiary/aromatic N) is 3. The maximum Gasteiger partial charge on any atom is 0.230 e. The summed E-state index contributed by atoms with van der Waals surface area (Å²) < 4.78 is 5.66. The van der Waals surface area contributed by atoms with Crippen molar-refractivity contribution in [3.05, 3.63) is 41.6 Å². The Morgan fingerprint density at radius 3 is 2.75 bits per heavy atom.